The Hall–Kier alpha value is -0.930. The van der Waals surface area contributed by atoms with Crippen molar-refractivity contribution in [3.63, 3.8) is 0 Å². The molecule has 0 spiro atoms. The molecule has 1 saturated carbocycles. The lowest BCUT2D eigenvalue weighted by atomic mass is 9.56. The maximum Gasteiger partial charge on any atom is 0.162 e. The molecule has 3 heteroatoms. The Labute approximate surface area is 108 Å². The summed E-state index contributed by atoms with van der Waals surface area (Å²) in [5.41, 5.74) is 1.37. The van der Waals surface area contributed by atoms with Gasteiger partial charge in [-0.05, 0) is 42.7 Å². The summed E-state index contributed by atoms with van der Waals surface area (Å²) in [6, 6.07) is 0. The fourth-order valence-electron chi connectivity index (χ4n) is 3.35. The number of hydrogen-bond donors (Lipinski definition) is 2. The lowest BCUT2D eigenvalue weighted by Gasteiger charge is -2.49. The summed E-state index contributed by atoms with van der Waals surface area (Å²) in [6.45, 7) is 9.94. The molecular weight excluding hydrogens is 228 g/mol. The van der Waals surface area contributed by atoms with E-state index in [-0.39, 0.29) is 23.0 Å². The van der Waals surface area contributed by atoms with Gasteiger partial charge in [0.2, 0.25) is 0 Å². The summed E-state index contributed by atoms with van der Waals surface area (Å²) in [7, 11) is 0. The number of aliphatic hydroxyl groups is 2. The molecule has 0 aromatic heterocycles. The van der Waals surface area contributed by atoms with Crippen LogP contribution in [0.15, 0.2) is 23.8 Å². The zero-order valence-corrected chi connectivity index (χ0v) is 11.3. The van der Waals surface area contributed by atoms with Crippen LogP contribution in [0.3, 0.4) is 0 Å². The summed E-state index contributed by atoms with van der Waals surface area (Å²) in [5, 5.41) is 19.9. The summed E-state index contributed by atoms with van der Waals surface area (Å²) in [4.78, 5) is 12.1. The SMILES string of the molecule is C=C(C)[C@@H]1C[C@@]2(C)C(=CC1=O)[C@H](O)[C@H](O)C[C@@H]2C. The van der Waals surface area contributed by atoms with Gasteiger partial charge in [-0.3, -0.25) is 4.79 Å². The van der Waals surface area contributed by atoms with Crippen LogP contribution in [0.5, 0.6) is 0 Å². The van der Waals surface area contributed by atoms with Crippen molar-refractivity contribution in [3.8, 4) is 0 Å². The molecule has 0 aliphatic heterocycles. The molecular formula is C15H22O3. The minimum Gasteiger partial charge on any atom is -0.390 e. The molecule has 1 fully saturated rings. The first-order chi connectivity index (χ1) is 8.27. The highest BCUT2D eigenvalue weighted by molar-refractivity contribution is 5.95. The predicted molar refractivity (Wildman–Crippen MR) is 69.9 cm³/mol. The third-order valence-corrected chi connectivity index (χ3v) is 4.89. The van der Waals surface area contributed by atoms with Crippen molar-refractivity contribution in [2.45, 2.75) is 45.8 Å². The number of ketones is 1. The van der Waals surface area contributed by atoms with Crippen molar-refractivity contribution < 1.29 is 15.0 Å². The van der Waals surface area contributed by atoms with Crippen LogP contribution in [-0.4, -0.2) is 28.2 Å². The summed E-state index contributed by atoms with van der Waals surface area (Å²) in [6.07, 6.45) is 1.16. The molecule has 0 amide bonds. The lowest BCUT2D eigenvalue weighted by Crippen LogP contribution is -2.50. The average molecular weight is 250 g/mol. The van der Waals surface area contributed by atoms with Crippen LogP contribution in [-0.2, 0) is 4.79 Å². The van der Waals surface area contributed by atoms with Crippen molar-refractivity contribution in [2.75, 3.05) is 0 Å². The molecule has 0 heterocycles. The van der Waals surface area contributed by atoms with Gasteiger partial charge in [-0.25, -0.2) is 0 Å². The fourth-order valence-corrected chi connectivity index (χ4v) is 3.35. The molecule has 2 rings (SSSR count). The van der Waals surface area contributed by atoms with E-state index in [1.54, 1.807) is 6.08 Å². The zero-order valence-electron chi connectivity index (χ0n) is 11.3. The number of aliphatic hydroxyl groups excluding tert-OH is 2. The Morgan fingerprint density at radius 2 is 2.11 bits per heavy atom. The van der Waals surface area contributed by atoms with Crippen LogP contribution in [0, 0.1) is 17.3 Å². The molecule has 0 saturated heterocycles. The fraction of sp³-hybridized carbons (Fsp3) is 0.667. The van der Waals surface area contributed by atoms with Gasteiger partial charge in [0, 0.05) is 5.92 Å². The smallest absolute Gasteiger partial charge is 0.162 e. The molecule has 3 nitrogen and oxygen atoms in total. The second-order valence-corrected chi connectivity index (χ2v) is 6.17. The topological polar surface area (TPSA) is 57.5 Å². The molecule has 18 heavy (non-hydrogen) atoms. The number of fused-ring (bicyclic) bond motifs is 1. The van der Waals surface area contributed by atoms with Gasteiger partial charge in [0.05, 0.1) is 6.10 Å². The first-order valence-corrected chi connectivity index (χ1v) is 6.55. The molecule has 0 aromatic rings. The van der Waals surface area contributed by atoms with Gasteiger partial charge < -0.3 is 10.2 Å². The highest BCUT2D eigenvalue weighted by Crippen LogP contribution is 2.52. The van der Waals surface area contributed by atoms with Crippen molar-refractivity contribution >= 4 is 5.78 Å². The highest BCUT2D eigenvalue weighted by atomic mass is 16.3. The van der Waals surface area contributed by atoms with Crippen LogP contribution in [0.1, 0.15) is 33.6 Å². The van der Waals surface area contributed by atoms with E-state index >= 15 is 0 Å². The first kappa shape index (κ1) is 13.5. The Kier molecular flexibility index (Phi) is 3.24. The Bertz CT molecular complexity index is 423. The first-order valence-electron chi connectivity index (χ1n) is 6.55. The van der Waals surface area contributed by atoms with Gasteiger partial charge >= 0.3 is 0 Å². The van der Waals surface area contributed by atoms with E-state index in [0.29, 0.717) is 18.4 Å². The van der Waals surface area contributed by atoms with E-state index < -0.39 is 12.2 Å². The third kappa shape index (κ3) is 1.86. The molecule has 0 unspecified atom stereocenters. The third-order valence-electron chi connectivity index (χ3n) is 4.89. The number of carbonyl (C=O) groups excluding carboxylic acids is 1. The van der Waals surface area contributed by atoms with Crippen molar-refractivity contribution in [3.05, 3.63) is 23.8 Å². The number of hydrogen-bond acceptors (Lipinski definition) is 3. The van der Waals surface area contributed by atoms with Crippen molar-refractivity contribution in [2.24, 2.45) is 17.3 Å². The molecule has 2 aliphatic carbocycles. The van der Waals surface area contributed by atoms with Crippen LogP contribution < -0.4 is 0 Å². The second kappa shape index (κ2) is 4.32. The number of rotatable bonds is 1. The van der Waals surface area contributed by atoms with E-state index in [1.807, 2.05) is 6.92 Å². The van der Waals surface area contributed by atoms with E-state index in [1.165, 1.54) is 0 Å². The van der Waals surface area contributed by atoms with Crippen LogP contribution in [0.25, 0.3) is 0 Å². The number of carbonyl (C=O) groups is 1. The van der Waals surface area contributed by atoms with Gasteiger partial charge in [-0.2, -0.15) is 0 Å². The van der Waals surface area contributed by atoms with Crippen molar-refractivity contribution in [1.82, 2.24) is 0 Å². The molecule has 5 atom stereocenters. The van der Waals surface area contributed by atoms with Gasteiger partial charge in [0.1, 0.15) is 6.10 Å². The highest BCUT2D eigenvalue weighted by Gasteiger charge is 2.49. The summed E-state index contributed by atoms with van der Waals surface area (Å²) < 4.78 is 0. The maximum absolute atomic E-state index is 12.1. The Morgan fingerprint density at radius 3 is 2.67 bits per heavy atom. The summed E-state index contributed by atoms with van der Waals surface area (Å²) >= 11 is 0. The minimum absolute atomic E-state index is 0.00956. The quantitative estimate of drug-likeness (QED) is 0.698. The van der Waals surface area contributed by atoms with Gasteiger partial charge in [0.25, 0.3) is 0 Å². The maximum atomic E-state index is 12.1. The van der Waals surface area contributed by atoms with Gasteiger partial charge in [-0.15, -0.1) is 0 Å². The zero-order chi connectivity index (χ0) is 13.7. The normalized spacial score (nSPS) is 44.3. The Balaban J connectivity index is 2.45. The largest absolute Gasteiger partial charge is 0.390 e. The van der Waals surface area contributed by atoms with E-state index in [0.717, 1.165) is 5.57 Å². The monoisotopic (exact) mass is 250 g/mol. The molecule has 0 aromatic carbocycles. The van der Waals surface area contributed by atoms with Gasteiger partial charge in [0.15, 0.2) is 5.78 Å². The van der Waals surface area contributed by atoms with Crippen molar-refractivity contribution in [1.29, 1.82) is 0 Å². The standard InChI is InChI=1S/C15H22O3/c1-8(2)10-7-15(4)9(3)5-13(17)14(18)11(15)6-12(10)16/h6,9-10,13-14,17-18H,1,5,7H2,2-4H3/t9-,10-,13+,14-,15+/m0/s1. The van der Waals surface area contributed by atoms with E-state index in [2.05, 4.69) is 20.4 Å². The average Bonchev–Trinajstić information content (AvgIpc) is 2.28. The Morgan fingerprint density at radius 1 is 1.50 bits per heavy atom. The molecule has 0 radical (unpaired) electrons. The van der Waals surface area contributed by atoms with E-state index in [9.17, 15) is 15.0 Å². The van der Waals surface area contributed by atoms with Gasteiger partial charge in [-0.1, -0.05) is 26.0 Å². The lowest BCUT2D eigenvalue weighted by molar-refractivity contribution is -0.120. The molecule has 2 N–H and O–H groups in total. The molecule has 0 bridgehead atoms. The van der Waals surface area contributed by atoms with Crippen LogP contribution in [0.2, 0.25) is 0 Å². The molecule has 2 aliphatic rings. The van der Waals surface area contributed by atoms with Crippen LogP contribution in [0.4, 0.5) is 0 Å². The minimum atomic E-state index is -0.902. The second-order valence-electron chi connectivity index (χ2n) is 6.17. The summed E-state index contributed by atoms with van der Waals surface area (Å²) in [5.74, 6) is 0.107. The molecule has 100 valence electrons. The van der Waals surface area contributed by atoms with E-state index in [4.69, 9.17) is 0 Å². The number of allylic oxidation sites excluding steroid dienone is 2. The van der Waals surface area contributed by atoms with Crippen LogP contribution >= 0.6 is 0 Å². The predicted octanol–water partition coefficient (Wildman–Crippen LogP) is 1.85.